The summed E-state index contributed by atoms with van der Waals surface area (Å²) in [7, 11) is 0. The third-order valence-corrected chi connectivity index (χ3v) is 5.44. The number of para-hydroxylation sites is 1. The number of morpholine rings is 1. The molecule has 1 aromatic heterocycles. The molecule has 1 N–H and O–H groups in total. The molecule has 0 saturated carbocycles. The molecule has 0 unspecified atom stereocenters. The van der Waals surface area contributed by atoms with E-state index in [9.17, 15) is 0 Å². The number of aryl methyl sites for hydroxylation is 1. The number of nitrogens with zero attached hydrogens (tertiary/aromatic N) is 3. The van der Waals surface area contributed by atoms with Crippen LogP contribution in [0.25, 0.3) is 0 Å². The number of nitrogens with one attached hydrogen (secondary N) is 1. The molecule has 134 valence electrons. The normalized spacial score (nSPS) is 20.5. The minimum Gasteiger partial charge on any atom is -0.378 e. The zero-order valence-corrected chi connectivity index (χ0v) is 15.1. The van der Waals surface area contributed by atoms with Crippen LogP contribution in [0, 0.1) is 0 Å². The first-order chi connectivity index (χ1) is 12.4. The van der Waals surface area contributed by atoms with Gasteiger partial charge in [-0.1, -0.05) is 18.2 Å². The minimum absolute atomic E-state index is 0.418. The lowest BCUT2D eigenvalue weighted by molar-refractivity contribution is 0.122. The van der Waals surface area contributed by atoms with Gasteiger partial charge in [-0.15, -0.1) is 0 Å². The summed E-state index contributed by atoms with van der Waals surface area (Å²) in [4.78, 5) is 2.45. The highest BCUT2D eigenvalue weighted by Crippen LogP contribution is 2.30. The summed E-state index contributed by atoms with van der Waals surface area (Å²) >= 11 is 0. The fraction of sp³-hybridized carbons (Fsp3) is 0.550. The van der Waals surface area contributed by atoms with Gasteiger partial charge in [0.15, 0.2) is 0 Å². The Morgan fingerprint density at radius 1 is 1.24 bits per heavy atom. The molecule has 2 heterocycles. The monoisotopic (exact) mass is 340 g/mol. The number of ether oxygens (including phenoxy) is 1. The smallest absolute Gasteiger partial charge is 0.0642 e. The summed E-state index contributed by atoms with van der Waals surface area (Å²) in [5, 5.41) is 8.37. The van der Waals surface area contributed by atoms with E-state index in [1.807, 2.05) is 0 Å². The maximum Gasteiger partial charge on any atom is 0.0642 e. The Labute approximate surface area is 150 Å². The van der Waals surface area contributed by atoms with Crippen LogP contribution in [-0.4, -0.2) is 36.1 Å². The number of anilines is 1. The summed E-state index contributed by atoms with van der Waals surface area (Å²) in [5.74, 6) is 0. The van der Waals surface area contributed by atoms with Crippen molar-refractivity contribution in [3.63, 3.8) is 0 Å². The van der Waals surface area contributed by atoms with E-state index in [0.717, 1.165) is 45.8 Å². The first-order valence-electron chi connectivity index (χ1n) is 9.55. The van der Waals surface area contributed by atoms with Gasteiger partial charge in [-0.3, -0.25) is 4.68 Å². The Balaban J connectivity index is 1.48. The molecule has 1 aliphatic heterocycles. The minimum atomic E-state index is 0.418. The van der Waals surface area contributed by atoms with Crippen LogP contribution in [0.3, 0.4) is 0 Å². The predicted octanol–water partition coefficient (Wildman–Crippen LogP) is 2.91. The lowest BCUT2D eigenvalue weighted by atomic mass is 9.92. The Hall–Kier alpha value is -1.85. The fourth-order valence-corrected chi connectivity index (χ4v) is 4.11. The lowest BCUT2D eigenvalue weighted by Gasteiger charge is -2.31. The van der Waals surface area contributed by atoms with Crippen LogP contribution in [0.2, 0.25) is 0 Å². The maximum atomic E-state index is 5.50. The van der Waals surface area contributed by atoms with Crippen molar-refractivity contribution in [3.8, 4) is 0 Å². The first kappa shape index (κ1) is 16.6. The van der Waals surface area contributed by atoms with Gasteiger partial charge in [0, 0.05) is 49.2 Å². The number of fused-ring (bicyclic) bond motifs is 1. The number of hydrogen-bond donors (Lipinski definition) is 1. The summed E-state index contributed by atoms with van der Waals surface area (Å²) in [6, 6.07) is 9.18. The van der Waals surface area contributed by atoms with Crippen molar-refractivity contribution in [2.75, 3.05) is 31.2 Å². The second kappa shape index (κ2) is 7.58. The maximum absolute atomic E-state index is 5.50. The van der Waals surface area contributed by atoms with E-state index in [4.69, 9.17) is 4.74 Å². The van der Waals surface area contributed by atoms with Gasteiger partial charge in [-0.25, -0.2) is 0 Å². The number of rotatable bonds is 5. The quantitative estimate of drug-likeness (QED) is 0.909. The molecule has 1 aliphatic carbocycles. The van der Waals surface area contributed by atoms with E-state index in [1.165, 1.54) is 35.3 Å². The molecule has 4 rings (SSSR count). The van der Waals surface area contributed by atoms with Gasteiger partial charge in [-0.05, 0) is 37.8 Å². The molecule has 0 bridgehead atoms. The zero-order chi connectivity index (χ0) is 17.1. The molecule has 2 aromatic rings. The van der Waals surface area contributed by atoms with Crippen LogP contribution in [0.5, 0.6) is 0 Å². The first-order valence-corrected chi connectivity index (χ1v) is 9.55. The molecule has 1 fully saturated rings. The van der Waals surface area contributed by atoms with Gasteiger partial charge in [-0.2, -0.15) is 5.10 Å². The fourth-order valence-electron chi connectivity index (χ4n) is 4.11. The molecule has 0 spiro atoms. The zero-order valence-electron chi connectivity index (χ0n) is 15.1. The van der Waals surface area contributed by atoms with E-state index in [2.05, 4.69) is 57.4 Å². The second-order valence-corrected chi connectivity index (χ2v) is 6.92. The van der Waals surface area contributed by atoms with Gasteiger partial charge in [0.1, 0.15) is 0 Å². The molecule has 2 aliphatic rings. The highest BCUT2D eigenvalue weighted by molar-refractivity contribution is 5.54. The van der Waals surface area contributed by atoms with Crippen LogP contribution in [0.15, 0.2) is 30.5 Å². The molecule has 1 aromatic carbocycles. The Morgan fingerprint density at radius 3 is 2.92 bits per heavy atom. The van der Waals surface area contributed by atoms with Crippen LogP contribution in [0.4, 0.5) is 5.69 Å². The SMILES string of the molecule is CCn1ncc2c1CCC[C@H]2NCc1ccccc1N1CCOCC1. The van der Waals surface area contributed by atoms with Crippen LogP contribution < -0.4 is 10.2 Å². The Morgan fingerprint density at radius 2 is 2.08 bits per heavy atom. The highest BCUT2D eigenvalue weighted by atomic mass is 16.5. The lowest BCUT2D eigenvalue weighted by Crippen LogP contribution is -2.37. The van der Waals surface area contributed by atoms with Crippen molar-refractivity contribution in [1.82, 2.24) is 15.1 Å². The third kappa shape index (κ3) is 3.44. The molecular weight excluding hydrogens is 312 g/mol. The summed E-state index contributed by atoms with van der Waals surface area (Å²) < 4.78 is 7.66. The molecule has 25 heavy (non-hydrogen) atoms. The number of aromatic nitrogens is 2. The van der Waals surface area contributed by atoms with Crippen molar-refractivity contribution in [2.24, 2.45) is 0 Å². The van der Waals surface area contributed by atoms with Gasteiger partial charge in [0.25, 0.3) is 0 Å². The van der Waals surface area contributed by atoms with E-state index >= 15 is 0 Å². The van der Waals surface area contributed by atoms with Gasteiger partial charge >= 0.3 is 0 Å². The van der Waals surface area contributed by atoms with Crippen molar-refractivity contribution < 1.29 is 4.74 Å². The summed E-state index contributed by atoms with van der Waals surface area (Å²) in [6.45, 7) is 7.63. The average molecular weight is 340 g/mol. The summed E-state index contributed by atoms with van der Waals surface area (Å²) in [5.41, 5.74) is 5.54. The molecule has 0 radical (unpaired) electrons. The van der Waals surface area contributed by atoms with Gasteiger partial charge < -0.3 is 15.0 Å². The summed E-state index contributed by atoms with van der Waals surface area (Å²) in [6.07, 6.45) is 5.67. The Kier molecular flexibility index (Phi) is 5.04. The molecule has 5 nitrogen and oxygen atoms in total. The van der Waals surface area contributed by atoms with E-state index in [-0.39, 0.29) is 0 Å². The average Bonchev–Trinajstić information content (AvgIpc) is 3.11. The van der Waals surface area contributed by atoms with Gasteiger partial charge in [0.05, 0.1) is 19.4 Å². The number of hydrogen-bond acceptors (Lipinski definition) is 4. The molecule has 0 amide bonds. The molecule has 1 saturated heterocycles. The van der Waals surface area contributed by atoms with Gasteiger partial charge in [0.2, 0.25) is 0 Å². The van der Waals surface area contributed by atoms with E-state index in [1.54, 1.807) is 0 Å². The van der Waals surface area contributed by atoms with Crippen LogP contribution >= 0.6 is 0 Å². The van der Waals surface area contributed by atoms with Crippen LogP contribution in [-0.2, 0) is 24.2 Å². The largest absolute Gasteiger partial charge is 0.378 e. The third-order valence-electron chi connectivity index (χ3n) is 5.44. The second-order valence-electron chi connectivity index (χ2n) is 6.92. The van der Waals surface area contributed by atoms with Crippen molar-refractivity contribution >= 4 is 5.69 Å². The number of benzene rings is 1. The van der Waals surface area contributed by atoms with E-state index in [0.29, 0.717) is 6.04 Å². The van der Waals surface area contributed by atoms with Crippen LogP contribution in [0.1, 0.15) is 42.6 Å². The topological polar surface area (TPSA) is 42.3 Å². The molecule has 5 heteroatoms. The molecule has 1 atom stereocenters. The predicted molar refractivity (Wildman–Crippen MR) is 99.9 cm³/mol. The van der Waals surface area contributed by atoms with E-state index < -0.39 is 0 Å². The van der Waals surface area contributed by atoms with Crippen molar-refractivity contribution in [3.05, 3.63) is 47.3 Å². The van der Waals surface area contributed by atoms with Crippen molar-refractivity contribution in [1.29, 1.82) is 0 Å². The highest BCUT2D eigenvalue weighted by Gasteiger charge is 2.24. The standard InChI is InChI=1S/C20H28N4O/c1-2-24-20-9-5-7-18(17(20)15-22-24)21-14-16-6-3-4-8-19(16)23-10-12-25-13-11-23/h3-4,6,8,15,18,21H,2,5,7,9-14H2,1H3/t18-/m1/s1. The molecular formula is C20H28N4O. The Bertz CT molecular complexity index is 705. The van der Waals surface area contributed by atoms with Crippen molar-refractivity contribution in [2.45, 2.75) is 45.3 Å².